The molecule has 1 saturated carbocycles. The molecule has 90 valence electrons. The number of pyridine rings is 1. The van der Waals surface area contributed by atoms with Gasteiger partial charge >= 0.3 is 0 Å². The lowest BCUT2D eigenvalue weighted by Crippen LogP contribution is -2.27. The fourth-order valence-corrected chi connectivity index (χ4v) is 2.61. The molecule has 2 aromatic heterocycles. The van der Waals surface area contributed by atoms with E-state index >= 15 is 0 Å². The molecule has 0 aliphatic heterocycles. The van der Waals surface area contributed by atoms with E-state index in [2.05, 4.69) is 28.3 Å². The Balaban J connectivity index is 1.70. The van der Waals surface area contributed by atoms with Crippen molar-refractivity contribution in [3.63, 3.8) is 0 Å². The number of aryl methyl sites for hydroxylation is 1. The van der Waals surface area contributed by atoms with Crippen molar-refractivity contribution in [2.24, 2.45) is 18.9 Å². The van der Waals surface area contributed by atoms with Gasteiger partial charge in [0, 0.05) is 19.7 Å². The average molecular weight is 230 g/mol. The van der Waals surface area contributed by atoms with Crippen molar-refractivity contribution in [1.82, 2.24) is 14.5 Å². The Bertz CT molecular complexity index is 525. The van der Waals surface area contributed by atoms with Crippen LogP contribution in [0.3, 0.4) is 0 Å². The van der Waals surface area contributed by atoms with E-state index in [1.165, 1.54) is 12.8 Å². The van der Waals surface area contributed by atoms with Crippen LogP contribution in [0.1, 0.15) is 19.8 Å². The third kappa shape index (κ3) is 1.99. The van der Waals surface area contributed by atoms with E-state index in [4.69, 9.17) is 0 Å². The van der Waals surface area contributed by atoms with Gasteiger partial charge in [-0.05, 0) is 24.7 Å². The fraction of sp³-hybridized carbons (Fsp3) is 0.538. The minimum atomic E-state index is 0.828. The molecular formula is C13H18N4. The summed E-state index contributed by atoms with van der Waals surface area (Å²) in [5, 5.41) is 3.42. The predicted molar refractivity (Wildman–Crippen MR) is 68.9 cm³/mol. The summed E-state index contributed by atoms with van der Waals surface area (Å²) in [5.74, 6) is 2.70. The first kappa shape index (κ1) is 10.6. The van der Waals surface area contributed by atoms with Crippen LogP contribution in [-0.2, 0) is 7.05 Å². The summed E-state index contributed by atoms with van der Waals surface area (Å²) in [6.45, 7) is 3.36. The monoisotopic (exact) mass is 230 g/mol. The number of imidazole rings is 1. The Labute approximate surface area is 101 Å². The average Bonchev–Trinajstić information content (AvgIpc) is 2.65. The van der Waals surface area contributed by atoms with Gasteiger partial charge in [0.1, 0.15) is 11.3 Å². The zero-order valence-corrected chi connectivity index (χ0v) is 10.3. The van der Waals surface area contributed by atoms with E-state index in [0.717, 1.165) is 35.2 Å². The van der Waals surface area contributed by atoms with Crippen LogP contribution in [0.25, 0.3) is 11.0 Å². The highest BCUT2D eigenvalue weighted by Gasteiger charge is 2.24. The maximum absolute atomic E-state index is 4.38. The normalized spacial score (nSPS) is 23.6. The molecule has 0 aromatic carbocycles. The van der Waals surface area contributed by atoms with Crippen LogP contribution in [-0.4, -0.2) is 21.1 Å². The van der Waals surface area contributed by atoms with Gasteiger partial charge in [-0.1, -0.05) is 6.92 Å². The second-order valence-corrected chi connectivity index (χ2v) is 5.24. The summed E-state index contributed by atoms with van der Waals surface area (Å²) in [6.07, 6.45) is 6.35. The molecule has 1 aliphatic carbocycles. The lowest BCUT2D eigenvalue weighted by molar-refractivity contribution is 0.225. The Morgan fingerprint density at radius 2 is 2.24 bits per heavy atom. The van der Waals surface area contributed by atoms with E-state index in [1.54, 1.807) is 0 Å². The Morgan fingerprint density at radius 1 is 1.41 bits per heavy atom. The van der Waals surface area contributed by atoms with Gasteiger partial charge in [0.05, 0.1) is 18.0 Å². The number of anilines is 1. The quantitative estimate of drug-likeness (QED) is 0.880. The molecule has 17 heavy (non-hydrogen) atoms. The number of fused-ring (bicyclic) bond motifs is 1. The van der Waals surface area contributed by atoms with E-state index in [0.29, 0.717) is 0 Å². The number of nitrogens with zero attached hydrogens (tertiary/aromatic N) is 3. The third-order valence-electron chi connectivity index (χ3n) is 3.66. The van der Waals surface area contributed by atoms with Crippen molar-refractivity contribution in [1.29, 1.82) is 0 Å². The summed E-state index contributed by atoms with van der Waals surface area (Å²) >= 11 is 0. The van der Waals surface area contributed by atoms with E-state index < -0.39 is 0 Å². The zero-order valence-electron chi connectivity index (χ0n) is 10.3. The Hall–Kier alpha value is -1.58. The van der Waals surface area contributed by atoms with Gasteiger partial charge in [0.25, 0.3) is 0 Å². The van der Waals surface area contributed by atoms with Gasteiger partial charge < -0.3 is 9.88 Å². The van der Waals surface area contributed by atoms with E-state index in [9.17, 15) is 0 Å². The number of rotatable bonds is 3. The van der Waals surface area contributed by atoms with Crippen molar-refractivity contribution in [2.75, 3.05) is 11.9 Å². The SMILES string of the molecule is CC1CC(CNc2cc3c(cn2)ncn3C)C1. The minimum Gasteiger partial charge on any atom is -0.370 e. The number of aromatic nitrogens is 3. The van der Waals surface area contributed by atoms with Crippen LogP contribution in [0.5, 0.6) is 0 Å². The van der Waals surface area contributed by atoms with Crippen molar-refractivity contribution in [2.45, 2.75) is 19.8 Å². The molecule has 1 fully saturated rings. The highest BCUT2D eigenvalue weighted by molar-refractivity contribution is 5.77. The third-order valence-corrected chi connectivity index (χ3v) is 3.66. The maximum atomic E-state index is 4.38. The minimum absolute atomic E-state index is 0.828. The van der Waals surface area contributed by atoms with Crippen LogP contribution in [0, 0.1) is 11.8 Å². The van der Waals surface area contributed by atoms with Crippen molar-refractivity contribution in [3.05, 3.63) is 18.6 Å². The second-order valence-electron chi connectivity index (χ2n) is 5.24. The first-order valence-corrected chi connectivity index (χ1v) is 6.23. The molecular weight excluding hydrogens is 212 g/mol. The molecule has 1 N–H and O–H groups in total. The molecule has 0 radical (unpaired) electrons. The standard InChI is InChI=1S/C13H18N4/c1-9-3-10(4-9)6-14-13-5-12-11(7-15-13)16-8-17(12)2/h5,7-10H,3-4,6H2,1-2H3,(H,14,15). The molecule has 4 nitrogen and oxygen atoms in total. The smallest absolute Gasteiger partial charge is 0.128 e. The van der Waals surface area contributed by atoms with Gasteiger partial charge in [-0.15, -0.1) is 0 Å². The summed E-state index contributed by atoms with van der Waals surface area (Å²) < 4.78 is 2.02. The predicted octanol–water partition coefficient (Wildman–Crippen LogP) is 2.43. The summed E-state index contributed by atoms with van der Waals surface area (Å²) in [7, 11) is 2.01. The molecule has 1 aliphatic rings. The van der Waals surface area contributed by atoms with Gasteiger partial charge in [-0.25, -0.2) is 9.97 Å². The lowest BCUT2D eigenvalue weighted by Gasteiger charge is -2.32. The molecule has 4 heteroatoms. The molecule has 0 bridgehead atoms. The van der Waals surface area contributed by atoms with Gasteiger partial charge in [-0.3, -0.25) is 0 Å². The first-order chi connectivity index (χ1) is 8.22. The van der Waals surface area contributed by atoms with Crippen molar-refractivity contribution in [3.8, 4) is 0 Å². The fourth-order valence-electron chi connectivity index (χ4n) is 2.61. The largest absolute Gasteiger partial charge is 0.370 e. The highest BCUT2D eigenvalue weighted by Crippen LogP contribution is 2.32. The topological polar surface area (TPSA) is 42.7 Å². The van der Waals surface area contributed by atoms with E-state index in [1.807, 2.05) is 24.1 Å². The van der Waals surface area contributed by atoms with Crippen LogP contribution < -0.4 is 5.32 Å². The van der Waals surface area contributed by atoms with Crippen LogP contribution in [0.2, 0.25) is 0 Å². The van der Waals surface area contributed by atoms with Gasteiger partial charge in [-0.2, -0.15) is 0 Å². The van der Waals surface area contributed by atoms with Gasteiger partial charge in [0.15, 0.2) is 0 Å². The Morgan fingerprint density at radius 3 is 3.00 bits per heavy atom. The second kappa shape index (κ2) is 4.02. The van der Waals surface area contributed by atoms with Crippen LogP contribution >= 0.6 is 0 Å². The van der Waals surface area contributed by atoms with Crippen molar-refractivity contribution < 1.29 is 0 Å². The summed E-state index contributed by atoms with van der Waals surface area (Å²) in [6, 6.07) is 2.07. The summed E-state index contributed by atoms with van der Waals surface area (Å²) in [5.41, 5.74) is 2.08. The first-order valence-electron chi connectivity index (χ1n) is 6.23. The molecule has 3 rings (SSSR count). The molecule has 0 unspecified atom stereocenters. The van der Waals surface area contributed by atoms with Crippen LogP contribution in [0.4, 0.5) is 5.82 Å². The van der Waals surface area contributed by atoms with E-state index in [-0.39, 0.29) is 0 Å². The van der Waals surface area contributed by atoms with Crippen LogP contribution in [0.15, 0.2) is 18.6 Å². The zero-order chi connectivity index (χ0) is 11.8. The molecule has 0 saturated heterocycles. The van der Waals surface area contributed by atoms with Gasteiger partial charge in [0.2, 0.25) is 0 Å². The lowest BCUT2D eigenvalue weighted by atomic mass is 9.76. The number of hydrogen-bond donors (Lipinski definition) is 1. The number of hydrogen-bond acceptors (Lipinski definition) is 3. The molecule has 2 aromatic rings. The number of nitrogens with one attached hydrogen (secondary N) is 1. The molecule has 0 atom stereocenters. The molecule has 0 amide bonds. The Kier molecular flexibility index (Phi) is 2.50. The molecule has 2 heterocycles. The molecule has 0 spiro atoms. The maximum Gasteiger partial charge on any atom is 0.128 e. The summed E-state index contributed by atoms with van der Waals surface area (Å²) in [4.78, 5) is 8.65. The highest BCUT2D eigenvalue weighted by atomic mass is 15.0. The van der Waals surface area contributed by atoms with Crippen molar-refractivity contribution >= 4 is 16.9 Å².